The molecule has 0 radical (unpaired) electrons. The molecule has 8 heteroatoms. The second kappa shape index (κ2) is 9.97. The molecule has 4 rings (SSSR count). The van der Waals surface area contributed by atoms with Gasteiger partial charge < -0.3 is 5.32 Å². The van der Waals surface area contributed by atoms with Crippen molar-refractivity contribution in [3.8, 4) is 17.1 Å². The summed E-state index contributed by atoms with van der Waals surface area (Å²) in [7, 11) is 0. The highest BCUT2D eigenvalue weighted by Gasteiger charge is 2.19. The van der Waals surface area contributed by atoms with Gasteiger partial charge in [-0.15, -0.1) is 10.2 Å². The predicted octanol–water partition coefficient (Wildman–Crippen LogP) is 5.26. The van der Waals surface area contributed by atoms with Gasteiger partial charge in [0.05, 0.1) is 17.5 Å². The Morgan fingerprint density at radius 2 is 1.88 bits per heavy atom. The van der Waals surface area contributed by atoms with Gasteiger partial charge in [0, 0.05) is 23.0 Å². The van der Waals surface area contributed by atoms with Crippen LogP contribution in [0.3, 0.4) is 0 Å². The minimum absolute atomic E-state index is 0.107. The fourth-order valence-electron chi connectivity index (χ4n) is 3.39. The van der Waals surface area contributed by atoms with Gasteiger partial charge in [0.25, 0.3) is 0 Å². The molecule has 0 saturated heterocycles. The molecule has 0 saturated carbocycles. The number of pyridine rings is 1. The van der Waals surface area contributed by atoms with Crippen LogP contribution >= 0.6 is 23.4 Å². The number of aromatic nitrogens is 4. The van der Waals surface area contributed by atoms with Crippen LogP contribution < -0.4 is 5.32 Å². The summed E-state index contributed by atoms with van der Waals surface area (Å²) < 4.78 is 1.97. The van der Waals surface area contributed by atoms with Gasteiger partial charge in [-0.3, -0.25) is 14.3 Å². The fraction of sp³-hybridized carbons (Fsp3) is 0.167. The van der Waals surface area contributed by atoms with E-state index in [1.54, 1.807) is 12.4 Å². The van der Waals surface area contributed by atoms with Gasteiger partial charge in [-0.1, -0.05) is 59.8 Å². The van der Waals surface area contributed by atoms with Crippen LogP contribution in [0.5, 0.6) is 0 Å². The molecule has 6 nitrogen and oxygen atoms in total. The van der Waals surface area contributed by atoms with Crippen molar-refractivity contribution in [1.29, 1.82) is 0 Å². The Hall–Kier alpha value is -3.16. The number of carbonyl (C=O) groups is 1. The summed E-state index contributed by atoms with van der Waals surface area (Å²) >= 11 is 7.60. The van der Waals surface area contributed by atoms with Crippen LogP contribution in [0.15, 0.2) is 78.2 Å². The number of para-hydroxylation sites is 1. The Kier molecular flexibility index (Phi) is 6.87. The van der Waals surface area contributed by atoms with Crippen molar-refractivity contribution in [2.45, 2.75) is 25.0 Å². The number of thioether (sulfide) groups is 1. The molecule has 0 spiro atoms. The molecular formula is C24H22ClN5OS. The summed E-state index contributed by atoms with van der Waals surface area (Å²) in [4.78, 5) is 16.9. The molecule has 0 aliphatic heterocycles. The van der Waals surface area contributed by atoms with Gasteiger partial charge in [-0.05, 0) is 49.2 Å². The Labute approximate surface area is 196 Å². The number of hydrogen-bond donors (Lipinski definition) is 1. The Balaban J connectivity index is 1.56. The summed E-state index contributed by atoms with van der Waals surface area (Å²) in [6, 6.07) is 19.1. The standard InChI is InChI=1S/C24H22ClN5OS/c1-16-8-3-6-12-21(16)30-23(18-9-7-13-26-14-18)28-29-24(30)32-15-22(31)27-17(2)19-10-4-5-11-20(19)25/h3-14,17H,15H2,1-2H3,(H,27,31). The Bertz CT molecular complexity index is 1230. The number of carbonyl (C=O) groups excluding carboxylic acids is 1. The molecule has 1 amide bonds. The quantitative estimate of drug-likeness (QED) is 0.378. The fourth-order valence-corrected chi connectivity index (χ4v) is 4.45. The van der Waals surface area contributed by atoms with Gasteiger partial charge in [0.2, 0.25) is 5.91 Å². The molecule has 1 unspecified atom stereocenters. The summed E-state index contributed by atoms with van der Waals surface area (Å²) in [5.74, 6) is 0.774. The smallest absolute Gasteiger partial charge is 0.230 e. The van der Waals surface area contributed by atoms with Gasteiger partial charge in [0.1, 0.15) is 0 Å². The molecule has 2 aromatic heterocycles. The second-order valence-corrected chi connectivity index (χ2v) is 8.62. The first-order valence-electron chi connectivity index (χ1n) is 10.1. The van der Waals surface area contributed by atoms with Crippen LogP contribution in [0.25, 0.3) is 17.1 Å². The molecule has 162 valence electrons. The number of halogens is 1. The van der Waals surface area contributed by atoms with Crippen molar-refractivity contribution in [2.75, 3.05) is 5.75 Å². The van der Waals surface area contributed by atoms with E-state index in [2.05, 4.69) is 20.5 Å². The molecule has 0 bridgehead atoms. The first-order chi connectivity index (χ1) is 15.5. The van der Waals surface area contributed by atoms with E-state index in [4.69, 9.17) is 11.6 Å². The first-order valence-corrected chi connectivity index (χ1v) is 11.5. The van der Waals surface area contributed by atoms with Crippen LogP contribution in [0.1, 0.15) is 24.1 Å². The Morgan fingerprint density at radius 1 is 1.09 bits per heavy atom. The van der Waals surface area contributed by atoms with Gasteiger partial charge in [-0.2, -0.15) is 0 Å². The normalized spacial score (nSPS) is 11.8. The first kappa shape index (κ1) is 22.0. The van der Waals surface area contributed by atoms with Crippen molar-refractivity contribution < 1.29 is 4.79 Å². The molecule has 2 heterocycles. The molecular weight excluding hydrogens is 442 g/mol. The molecule has 2 aromatic carbocycles. The third-order valence-electron chi connectivity index (χ3n) is 4.99. The topological polar surface area (TPSA) is 72.7 Å². The Morgan fingerprint density at radius 3 is 2.62 bits per heavy atom. The molecule has 0 aliphatic carbocycles. The third kappa shape index (κ3) is 4.84. The number of aryl methyl sites for hydroxylation is 1. The highest BCUT2D eigenvalue weighted by atomic mass is 35.5. The van der Waals surface area contributed by atoms with Crippen LogP contribution in [-0.4, -0.2) is 31.4 Å². The second-order valence-electron chi connectivity index (χ2n) is 7.27. The van der Waals surface area contributed by atoms with E-state index in [0.29, 0.717) is 16.0 Å². The largest absolute Gasteiger partial charge is 0.349 e. The number of nitrogens with zero attached hydrogens (tertiary/aromatic N) is 4. The zero-order chi connectivity index (χ0) is 22.5. The number of nitrogens with one attached hydrogen (secondary N) is 1. The molecule has 1 atom stereocenters. The van der Waals surface area contributed by atoms with Crippen molar-refractivity contribution in [1.82, 2.24) is 25.1 Å². The molecule has 0 aliphatic rings. The maximum atomic E-state index is 12.7. The van der Waals surface area contributed by atoms with Crippen molar-refractivity contribution in [3.63, 3.8) is 0 Å². The zero-order valence-electron chi connectivity index (χ0n) is 17.7. The van der Waals surface area contributed by atoms with Gasteiger partial charge in [0.15, 0.2) is 11.0 Å². The lowest BCUT2D eigenvalue weighted by Gasteiger charge is -2.16. The lowest BCUT2D eigenvalue weighted by atomic mass is 10.1. The van der Waals surface area contributed by atoms with E-state index in [9.17, 15) is 4.79 Å². The van der Waals surface area contributed by atoms with Crippen LogP contribution in [0.4, 0.5) is 0 Å². The third-order valence-corrected chi connectivity index (χ3v) is 6.26. The minimum Gasteiger partial charge on any atom is -0.349 e. The predicted molar refractivity (Wildman–Crippen MR) is 128 cm³/mol. The lowest BCUT2D eigenvalue weighted by Crippen LogP contribution is -2.28. The summed E-state index contributed by atoms with van der Waals surface area (Å²) in [5, 5.41) is 13.1. The summed E-state index contributed by atoms with van der Waals surface area (Å²) in [6.45, 7) is 3.95. The van der Waals surface area contributed by atoms with E-state index >= 15 is 0 Å². The van der Waals surface area contributed by atoms with E-state index < -0.39 is 0 Å². The molecule has 1 N–H and O–H groups in total. The SMILES string of the molecule is Cc1ccccc1-n1c(SCC(=O)NC(C)c2ccccc2Cl)nnc1-c1cccnc1. The number of hydrogen-bond acceptors (Lipinski definition) is 5. The van der Waals surface area contributed by atoms with Crippen molar-refractivity contribution in [2.24, 2.45) is 0 Å². The van der Waals surface area contributed by atoms with E-state index in [1.165, 1.54) is 11.8 Å². The highest BCUT2D eigenvalue weighted by Crippen LogP contribution is 2.29. The average molecular weight is 464 g/mol. The zero-order valence-corrected chi connectivity index (χ0v) is 19.3. The van der Waals surface area contributed by atoms with Crippen LogP contribution in [0, 0.1) is 6.92 Å². The average Bonchev–Trinajstić information content (AvgIpc) is 3.22. The van der Waals surface area contributed by atoms with Crippen LogP contribution in [0.2, 0.25) is 5.02 Å². The van der Waals surface area contributed by atoms with Crippen LogP contribution in [-0.2, 0) is 4.79 Å². The van der Waals surface area contributed by atoms with E-state index in [0.717, 1.165) is 22.4 Å². The van der Waals surface area contributed by atoms with E-state index in [1.807, 2.05) is 79.1 Å². The molecule has 4 aromatic rings. The summed E-state index contributed by atoms with van der Waals surface area (Å²) in [6.07, 6.45) is 3.48. The maximum Gasteiger partial charge on any atom is 0.230 e. The van der Waals surface area contributed by atoms with Gasteiger partial charge >= 0.3 is 0 Å². The molecule has 32 heavy (non-hydrogen) atoms. The summed E-state index contributed by atoms with van der Waals surface area (Å²) in [5.41, 5.74) is 3.78. The number of benzene rings is 2. The van der Waals surface area contributed by atoms with Gasteiger partial charge in [-0.25, -0.2) is 0 Å². The van der Waals surface area contributed by atoms with Crippen molar-refractivity contribution >= 4 is 29.3 Å². The van der Waals surface area contributed by atoms with Crippen molar-refractivity contribution in [3.05, 3.63) is 89.2 Å². The molecule has 0 fully saturated rings. The van der Waals surface area contributed by atoms with E-state index in [-0.39, 0.29) is 17.7 Å². The lowest BCUT2D eigenvalue weighted by molar-refractivity contribution is -0.119. The maximum absolute atomic E-state index is 12.7. The number of rotatable bonds is 7. The minimum atomic E-state index is -0.197. The number of amides is 1. The highest BCUT2D eigenvalue weighted by molar-refractivity contribution is 7.99. The monoisotopic (exact) mass is 463 g/mol.